The van der Waals surface area contributed by atoms with Gasteiger partial charge in [0, 0.05) is 29.4 Å². The maximum absolute atomic E-state index is 13.5. The first-order valence-corrected chi connectivity index (χ1v) is 12.4. The molecule has 9 heteroatoms. The molecule has 0 radical (unpaired) electrons. The van der Waals surface area contributed by atoms with Crippen LogP contribution in [0.3, 0.4) is 0 Å². The van der Waals surface area contributed by atoms with Crippen LogP contribution in [0.15, 0.2) is 71.9 Å². The van der Waals surface area contributed by atoms with Crippen LogP contribution in [0.5, 0.6) is 0 Å². The van der Waals surface area contributed by atoms with E-state index >= 15 is 0 Å². The third-order valence-electron chi connectivity index (χ3n) is 6.66. The fourth-order valence-electron chi connectivity index (χ4n) is 4.81. The Morgan fingerprint density at radius 3 is 2.29 bits per heavy atom. The van der Waals surface area contributed by atoms with Crippen LogP contribution in [0.1, 0.15) is 48.5 Å². The molecule has 1 aliphatic rings. The third-order valence-corrected chi connectivity index (χ3v) is 6.66. The average Bonchev–Trinajstić information content (AvgIpc) is 2.90. The molecule has 0 saturated heterocycles. The van der Waals surface area contributed by atoms with E-state index in [4.69, 9.17) is 10.2 Å². The van der Waals surface area contributed by atoms with Gasteiger partial charge < -0.3 is 15.3 Å². The molecular formula is C29H29N3O6. The summed E-state index contributed by atoms with van der Waals surface area (Å²) in [5, 5.41) is 28.8. The zero-order valence-electron chi connectivity index (χ0n) is 20.9. The van der Waals surface area contributed by atoms with E-state index in [2.05, 4.69) is 22.1 Å². The van der Waals surface area contributed by atoms with E-state index in [1.54, 1.807) is 10.9 Å². The number of aliphatic hydroxyl groups is 1. The number of aryl methyl sites for hydroxylation is 1. The molecule has 0 spiro atoms. The number of rotatable bonds is 5. The van der Waals surface area contributed by atoms with Crippen LogP contribution in [0.25, 0.3) is 21.7 Å². The van der Waals surface area contributed by atoms with Crippen molar-refractivity contribution >= 4 is 33.6 Å². The highest BCUT2D eigenvalue weighted by Crippen LogP contribution is 2.30. The number of pyridine rings is 1. The lowest BCUT2D eigenvalue weighted by molar-refractivity contribution is -0.134. The van der Waals surface area contributed by atoms with Gasteiger partial charge in [-0.3, -0.25) is 14.3 Å². The SMILES string of the molecule is Cc1ccc(Cc2cc3c(=O)n([C@H]4CCCC[C@@H]4O)cnc3c3ccccc23)cn1.O=C(O)/C=C/C(=O)O. The lowest BCUT2D eigenvalue weighted by Crippen LogP contribution is -2.34. The number of aliphatic hydroxyl groups excluding tert-OH is 1. The van der Waals surface area contributed by atoms with E-state index in [1.807, 2.05) is 43.5 Å². The summed E-state index contributed by atoms with van der Waals surface area (Å²) in [4.78, 5) is 41.7. The fourth-order valence-corrected chi connectivity index (χ4v) is 4.81. The first-order valence-electron chi connectivity index (χ1n) is 12.4. The molecule has 3 N–H and O–H groups in total. The maximum Gasteiger partial charge on any atom is 0.328 e. The summed E-state index contributed by atoms with van der Waals surface area (Å²) in [6.45, 7) is 1.98. The van der Waals surface area contributed by atoms with Crippen molar-refractivity contribution in [3.8, 4) is 0 Å². The van der Waals surface area contributed by atoms with Crippen LogP contribution in [-0.2, 0) is 16.0 Å². The molecule has 1 saturated carbocycles. The van der Waals surface area contributed by atoms with Crippen molar-refractivity contribution < 1.29 is 24.9 Å². The van der Waals surface area contributed by atoms with Crippen LogP contribution in [-0.4, -0.2) is 47.9 Å². The highest BCUT2D eigenvalue weighted by Gasteiger charge is 2.26. The van der Waals surface area contributed by atoms with Crippen LogP contribution < -0.4 is 5.56 Å². The van der Waals surface area contributed by atoms with Gasteiger partial charge in [-0.2, -0.15) is 0 Å². The summed E-state index contributed by atoms with van der Waals surface area (Å²) in [5.74, 6) is -2.51. The molecule has 38 heavy (non-hydrogen) atoms. The molecule has 196 valence electrons. The van der Waals surface area contributed by atoms with Gasteiger partial charge in [0.25, 0.3) is 5.56 Å². The van der Waals surface area contributed by atoms with Gasteiger partial charge >= 0.3 is 11.9 Å². The lowest BCUT2D eigenvalue weighted by Gasteiger charge is -2.29. The smallest absolute Gasteiger partial charge is 0.328 e. The second-order valence-corrected chi connectivity index (χ2v) is 9.35. The van der Waals surface area contributed by atoms with Crippen molar-refractivity contribution in [2.45, 2.75) is 51.2 Å². The molecule has 4 aromatic rings. The molecule has 2 heterocycles. The second-order valence-electron chi connectivity index (χ2n) is 9.35. The molecule has 1 fully saturated rings. The first-order chi connectivity index (χ1) is 18.2. The summed E-state index contributed by atoms with van der Waals surface area (Å²) in [6.07, 6.45) is 8.42. The summed E-state index contributed by atoms with van der Waals surface area (Å²) in [7, 11) is 0. The molecule has 9 nitrogen and oxygen atoms in total. The monoisotopic (exact) mass is 515 g/mol. The molecule has 1 aliphatic carbocycles. The largest absolute Gasteiger partial charge is 0.478 e. The Bertz CT molecular complexity index is 1540. The van der Waals surface area contributed by atoms with Gasteiger partial charge in [0.1, 0.15) is 0 Å². The van der Waals surface area contributed by atoms with Gasteiger partial charge in [0.15, 0.2) is 0 Å². The molecule has 0 aliphatic heterocycles. The summed E-state index contributed by atoms with van der Waals surface area (Å²) >= 11 is 0. The lowest BCUT2D eigenvalue weighted by atomic mass is 9.92. The topological polar surface area (TPSA) is 143 Å². The number of fused-ring (bicyclic) bond motifs is 3. The van der Waals surface area contributed by atoms with E-state index in [9.17, 15) is 19.5 Å². The summed E-state index contributed by atoms with van der Waals surface area (Å²) in [5.41, 5.74) is 3.84. The van der Waals surface area contributed by atoms with Crippen molar-refractivity contribution in [1.82, 2.24) is 14.5 Å². The Labute approximate surface area is 218 Å². The number of aliphatic carboxylic acids is 2. The van der Waals surface area contributed by atoms with Crippen LogP contribution in [0, 0.1) is 6.92 Å². The Morgan fingerprint density at radius 1 is 0.974 bits per heavy atom. The number of carboxylic acids is 2. The molecule has 0 unspecified atom stereocenters. The minimum atomic E-state index is -1.26. The molecule has 2 aromatic heterocycles. The Morgan fingerprint density at radius 2 is 1.66 bits per heavy atom. The molecule has 2 atom stereocenters. The highest BCUT2D eigenvalue weighted by atomic mass is 16.4. The number of nitrogens with zero attached hydrogens (tertiary/aromatic N) is 3. The maximum atomic E-state index is 13.5. The number of benzene rings is 2. The minimum absolute atomic E-state index is 0.0695. The quantitative estimate of drug-likeness (QED) is 0.267. The zero-order valence-corrected chi connectivity index (χ0v) is 20.9. The van der Waals surface area contributed by atoms with E-state index in [-0.39, 0.29) is 11.6 Å². The van der Waals surface area contributed by atoms with Crippen molar-refractivity contribution in [3.63, 3.8) is 0 Å². The number of hydrogen-bond donors (Lipinski definition) is 3. The number of carbonyl (C=O) groups is 2. The number of carboxylic acid groups (broad SMARTS) is 2. The van der Waals surface area contributed by atoms with Gasteiger partial charge in [0.05, 0.1) is 29.4 Å². The first kappa shape index (κ1) is 26.7. The van der Waals surface area contributed by atoms with Crippen LogP contribution in [0.4, 0.5) is 0 Å². The molecular weight excluding hydrogens is 486 g/mol. The average molecular weight is 516 g/mol. The predicted octanol–water partition coefficient (Wildman–Crippen LogP) is 4.03. The zero-order chi connectivity index (χ0) is 27.2. The molecule has 2 aromatic carbocycles. The van der Waals surface area contributed by atoms with Crippen molar-refractivity contribution in [2.24, 2.45) is 0 Å². The van der Waals surface area contributed by atoms with E-state index < -0.39 is 18.0 Å². The predicted molar refractivity (Wildman–Crippen MR) is 143 cm³/mol. The van der Waals surface area contributed by atoms with Crippen LogP contribution in [0.2, 0.25) is 0 Å². The fraction of sp³-hybridized carbons (Fsp3) is 0.276. The number of hydrogen-bond acceptors (Lipinski definition) is 6. The van der Waals surface area contributed by atoms with E-state index in [1.165, 1.54) is 0 Å². The Balaban J connectivity index is 0.000000368. The Kier molecular flexibility index (Phi) is 8.28. The van der Waals surface area contributed by atoms with Crippen molar-refractivity contribution in [2.75, 3.05) is 0 Å². The van der Waals surface area contributed by atoms with Gasteiger partial charge in [-0.05, 0) is 54.8 Å². The third kappa shape index (κ3) is 6.12. The molecule has 0 bridgehead atoms. The second kappa shape index (κ2) is 11.8. The standard InChI is InChI=1S/C25H25N3O2.C4H4O4/c1-16-10-11-17(14-26-16)12-18-13-21-24(20-7-3-2-6-19(18)20)27-15-28(25(21)30)22-8-4-5-9-23(22)29;5-3(6)1-2-4(7)8/h2-3,6-7,10-11,13-15,22-23,29H,4-5,8-9,12H2,1H3;1-2H,(H,5,6)(H,7,8)/b;2-1+/t22-,23-;/m0./s1. The van der Waals surface area contributed by atoms with Gasteiger partial charge in [0.2, 0.25) is 0 Å². The minimum Gasteiger partial charge on any atom is -0.478 e. The highest BCUT2D eigenvalue weighted by molar-refractivity contribution is 6.06. The van der Waals surface area contributed by atoms with Gasteiger partial charge in [-0.25, -0.2) is 14.6 Å². The summed E-state index contributed by atoms with van der Waals surface area (Å²) < 4.78 is 1.65. The molecule has 5 rings (SSSR count). The summed E-state index contributed by atoms with van der Waals surface area (Å²) in [6, 6.07) is 14.0. The number of aromatic nitrogens is 3. The van der Waals surface area contributed by atoms with Gasteiger partial charge in [-0.15, -0.1) is 0 Å². The van der Waals surface area contributed by atoms with Crippen molar-refractivity contribution in [1.29, 1.82) is 0 Å². The van der Waals surface area contributed by atoms with Crippen LogP contribution >= 0.6 is 0 Å². The Hall–Kier alpha value is -4.37. The molecule has 0 amide bonds. The normalized spacial score (nSPS) is 17.3. The van der Waals surface area contributed by atoms with E-state index in [0.29, 0.717) is 24.0 Å². The van der Waals surface area contributed by atoms with Crippen molar-refractivity contribution in [3.05, 3.63) is 94.3 Å². The van der Waals surface area contributed by atoms with E-state index in [0.717, 1.165) is 58.8 Å². The van der Waals surface area contributed by atoms with Gasteiger partial charge in [-0.1, -0.05) is 43.2 Å².